The smallest absolute Gasteiger partial charge is 0.330 e. The highest BCUT2D eigenvalue weighted by Gasteiger charge is 2.22. The van der Waals surface area contributed by atoms with Crippen LogP contribution in [0.3, 0.4) is 0 Å². The molecule has 25 heavy (non-hydrogen) atoms. The van der Waals surface area contributed by atoms with Crippen LogP contribution in [0, 0.1) is 0 Å². The van der Waals surface area contributed by atoms with Crippen LogP contribution in [0.25, 0.3) is 11.0 Å². The Morgan fingerprint density at radius 3 is 2.52 bits per heavy atom. The van der Waals surface area contributed by atoms with Crippen LogP contribution >= 0.6 is 7.60 Å². The number of hydrogen-bond donors (Lipinski definition) is 1. The van der Waals surface area contributed by atoms with Crippen LogP contribution in [0.5, 0.6) is 5.75 Å². The van der Waals surface area contributed by atoms with E-state index in [-0.39, 0.29) is 0 Å². The highest BCUT2D eigenvalue weighted by Crippen LogP contribution is 2.48. The molecule has 7 nitrogen and oxygen atoms in total. The van der Waals surface area contributed by atoms with Crippen LogP contribution in [0.2, 0.25) is 0 Å². The van der Waals surface area contributed by atoms with Gasteiger partial charge in [-0.1, -0.05) is 0 Å². The number of rotatable bonds is 11. The van der Waals surface area contributed by atoms with Gasteiger partial charge in [-0.15, -0.1) is 0 Å². The lowest BCUT2D eigenvalue weighted by atomic mass is 10.3. The average Bonchev–Trinajstić information content (AvgIpc) is 2.96. The zero-order valence-corrected chi connectivity index (χ0v) is 16.1. The van der Waals surface area contributed by atoms with Gasteiger partial charge in [-0.05, 0) is 39.3 Å². The second kappa shape index (κ2) is 9.34. The Morgan fingerprint density at radius 1 is 1.20 bits per heavy atom. The van der Waals surface area contributed by atoms with Gasteiger partial charge in [-0.3, -0.25) is 4.57 Å². The summed E-state index contributed by atoms with van der Waals surface area (Å²) in [7, 11) is -3.00. The number of ether oxygens (including phenoxy) is 1. The molecule has 0 fully saturated rings. The molecule has 0 radical (unpaired) electrons. The largest absolute Gasteiger partial charge is 0.493 e. The van der Waals surface area contributed by atoms with Crippen molar-refractivity contribution < 1.29 is 18.3 Å². The second-order valence-corrected chi connectivity index (χ2v) is 7.68. The summed E-state index contributed by atoms with van der Waals surface area (Å²) in [5, 5.41) is 0. The SMILES string of the molecule is CCOP(=O)(CCCOc1ccc2nc(CN)n(CC)c2c1)OCC. The van der Waals surface area contributed by atoms with Gasteiger partial charge in [0.2, 0.25) is 0 Å². The molecule has 0 aliphatic rings. The fourth-order valence-corrected chi connectivity index (χ4v) is 4.39. The standard InChI is InChI=1S/C17H28N3O4P/c1-4-20-16-12-14(8-9-15(16)19-17(20)13-18)22-10-7-11-25(21,23-5-2)24-6-3/h8-9,12H,4-7,10-11,13,18H2,1-3H3. The van der Waals surface area contributed by atoms with E-state index in [2.05, 4.69) is 16.5 Å². The van der Waals surface area contributed by atoms with Crippen LogP contribution in [-0.4, -0.2) is 35.5 Å². The van der Waals surface area contributed by atoms with E-state index in [1.807, 2.05) is 32.0 Å². The Hall–Kier alpha value is -1.40. The molecule has 2 aromatic rings. The van der Waals surface area contributed by atoms with Crippen molar-refractivity contribution >= 4 is 18.6 Å². The maximum Gasteiger partial charge on any atom is 0.330 e. The minimum absolute atomic E-state index is 0.348. The number of nitrogens with zero attached hydrogens (tertiary/aromatic N) is 2. The fraction of sp³-hybridized carbons (Fsp3) is 0.588. The third kappa shape index (κ3) is 5.05. The predicted molar refractivity (Wildman–Crippen MR) is 99.1 cm³/mol. The summed E-state index contributed by atoms with van der Waals surface area (Å²) >= 11 is 0. The summed E-state index contributed by atoms with van der Waals surface area (Å²) in [6.45, 7) is 8.08. The molecule has 0 bridgehead atoms. The van der Waals surface area contributed by atoms with Crippen molar-refractivity contribution in [2.75, 3.05) is 26.0 Å². The van der Waals surface area contributed by atoms with E-state index in [0.29, 0.717) is 38.9 Å². The maximum atomic E-state index is 12.4. The van der Waals surface area contributed by atoms with E-state index < -0.39 is 7.60 Å². The zero-order chi connectivity index (χ0) is 18.3. The van der Waals surface area contributed by atoms with Gasteiger partial charge >= 0.3 is 7.60 Å². The van der Waals surface area contributed by atoms with Crippen LogP contribution in [0.1, 0.15) is 33.0 Å². The van der Waals surface area contributed by atoms with Gasteiger partial charge < -0.3 is 24.1 Å². The first kappa shape index (κ1) is 19.9. The van der Waals surface area contributed by atoms with Crippen molar-refractivity contribution in [2.45, 2.75) is 40.3 Å². The number of imidazole rings is 1. The lowest BCUT2D eigenvalue weighted by Crippen LogP contribution is -2.07. The van der Waals surface area contributed by atoms with Crippen molar-refractivity contribution in [3.05, 3.63) is 24.0 Å². The number of fused-ring (bicyclic) bond motifs is 1. The van der Waals surface area contributed by atoms with Crippen molar-refractivity contribution in [1.29, 1.82) is 0 Å². The molecule has 0 saturated heterocycles. The number of hydrogen-bond acceptors (Lipinski definition) is 6. The molecule has 0 amide bonds. The first-order valence-electron chi connectivity index (χ1n) is 8.77. The molecule has 0 aliphatic carbocycles. The minimum Gasteiger partial charge on any atom is -0.493 e. The van der Waals surface area contributed by atoms with Crippen molar-refractivity contribution in [3.8, 4) is 5.75 Å². The van der Waals surface area contributed by atoms with E-state index in [4.69, 9.17) is 19.5 Å². The van der Waals surface area contributed by atoms with Gasteiger partial charge in [0.1, 0.15) is 11.6 Å². The Morgan fingerprint density at radius 2 is 1.92 bits per heavy atom. The van der Waals surface area contributed by atoms with Crippen LogP contribution in [0.4, 0.5) is 0 Å². The molecule has 0 atom stereocenters. The molecular formula is C17H28N3O4P. The van der Waals surface area contributed by atoms with Crippen molar-refractivity contribution in [3.63, 3.8) is 0 Å². The van der Waals surface area contributed by atoms with Gasteiger partial charge in [-0.25, -0.2) is 4.98 Å². The molecule has 8 heteroatoms. The Balaban J connectivity index is 1.98. The summed E-state index contributed by atoms with van der Waals surface area (Å²) < 4.78 is 30.8. The van der Waals surface area contributed by atoms with Crippen LogP contribution in [0.15, 0.2) is 18.2 Å². The molecule has 0 spiro atoms. The lowest BCUT2D eigenvalue weighted by molar-refractivity contribution is 0.216. The van der Waals surface area contributed by atoms with Gasteiger partial charge in [0.15, 0.2) is 0 Å². The number of benzene rings is 1. The second-order valence-electron chi connectivity index (χ2n) is 5.50. The molecule has 0 saturated carbocycles. The molecule has 140 valence electrons. The number of aromatic nitrogens is 2. The third-order valence-corrected chi connectivity index (χ3v) is 5.96. The molecular weight excluding hydrogens is 341 g/mol. The summed E-state index contributed by atoms with van der Waals surface area (Å²) in [6.07, 6.45) is 0.942. The molecule has 2 N–H and O–H groups in total. The van der Waals surface area contributed by atoms with E-state index in [1.165, 1.54) is 0 Å². The van der Waals surface area contributed by atoms with Gasteiger partial charge in [0.05, 0.1) is 43.6 Å². The number of nitrogens with two attached hydrogens (primary N) is 1. The molecule has 1 aromatic heterocycles. The summed E-state index contributed by atoms with van der Waals surface area (Å²) in [4.78, 5) is 4.53. The van der Waals surface area contributed by atoms with Gasteiger partial charge in [-0.2, -0.15) is 0 Å². The Kier molecular flexibility index (Phi) is 7.44. The highest BCUT2D eigenvalue weighted by atomic mass is 31.2. The van der Waals surface area contributed by atoms with E-state index in [9.17, 15) is 4.57 Å². The molecule has 1 heterocycles. The summed E-state index contributed by atoms with van der Waals surface area (Å²) in [6, 6.07) is 5.79. The van der Waals surface area contributed by atoms with Crippen LogP contribution in [-0.2, 0) is 26.7 Å². The topological polar surface area (TPSA) is 88.6 Å². The summed E-state index contributed by atoms with van der Waals surface area (Å²) in [5.74, 6) is 1.62. The predicted octanol–water partition coefficient (Wildman–Crippen LogP) is 3.55. The third-order valence-electron chi connectivity index (χ3n) is 3.79. The van der Waals surface area contributed by atoms with Crippen LogP contribution < -0.4 is 10.5 Å². The molecule has 0 aliphatic heterocycles. The minimum atomic E-state index is -3.00. The quantitative estimate of drug-likeness (QED) is 0.481. The van der Waals surface area contributed by atoms with Crippen molar-refractivity contribution in [1.82, 2.24) is 9.55 Å². The van der Waals surface area contributed by atoms with E-state index in [0.717, 1.165) is 29.2 Å². The molecule has 2 rings (SSSR count). The van der Waals surface area contributed by atoms with E-state index >= 15 is 0 Å². The van der Waals surface area contributed by atoms with Gasteiger partial charge in [0.25, 0.3) is 0 Å². The normalized spacial score (nSPS) is 12.0. The first-order chi connectivity index (χ1) is 12.1. The first-order valence-corrected chi connectivity index (χ1v) is 10.5. The Bertz CT molecular complexity index is 722. The Labute approximate surface area is 149 Å². The zero-order valence-electron chi connectivity index (χ0n) is 15.2. The van der Waals surface area contributed by atoms with E-state index in [1.54, 1.807) is 0 Å². The number of aryl methyl sites for hydroxylation is 1. The monoisotopic (exact) mass is 369 g/mol. The average molecular weight is 369 g/mol. The van der Waals surface area contributed by atoms with Crippen molar-refractivity contribution in [2.24, 2.45) is 5.73 Å². The lowest BCUT2D eigenvalue weighted by Gasteiger charge is -2.16. The fourth-order valence-electron chi connectivity index (χ4n) is 2.76. The van der Waals surface area contributed by atoms with Gasteiger partial charge in [0, 0.05) is 12.6 Å². The maximum absolute atomic E-state index is 12.4. The molecule has 0 unspecified atom stereocenters. The summed E-state index contributed by atoms with van der Waals surface area (Å²) in [5.41, 5.74) is 7.67. The highest BCUT2D eigenvalue weighted by molar-refractivity contribution is 7.53. The molecule has 1 aromatic carbocycles.